The first-order valence-electron chi connectivity index (χ1n) is 5.16. The van der Waals surface area contributed by atoms with Gasteiger partial charge in [-0.2, -0.15) is 0 Å². The molecule has 0 radical (unpaired) electrons. The van der Waals surface area contributed by atoms with Gasteiger partial charge in [-0.3, -0.25) is 13.9 Å². The van der Waals surface area contributed by atoms with Gasteiger partial charge < -0.3 is 30.0 Å². The maximum absolute atomic E-state index is 11.6. The molecule has 11 heteroatoms. The maximum Gasteiger partial charge on any atom is 0.371 e. The van der Waals surface area contributed by atoms with Crippen LogP contribution in [0.15, 0.2) is 30.3 Å². The second kappa shape index (κ2) is 5.75. The Balaban J connectivity index is 2.93. The number of aliphatic hydroxyl groups is 1. The van der Waals surface area contributed by atoms with Crippen LogP contribution in [-0.4, -0.2) is 42.2 Å². The molecule has 0 heterocycles. The van der Waals surface area contributed by atoms with E-state index in [4.69, 9.17) is 19.6 Å². The maximum atomic E-state index is 11.6. The van der Waals surface area contributed by atoms with Crippen molar-refractivity contribution in [3.63, 3.8) is 0 Å². The number of carbonyl (C=O) groups excluding carboxylic acids is 1. The van der Waals surface area contributed by atoms with Crippen LogP contribution in [0.5, 0.6) is 0 Å². The third-order valence-corrected chi connectivity index (χ3v) is 6.20. The van der Waals surface area contributed by atoms with Crippen LogP contribution in [0.25, 0.3) is 0 Å². The predicted molar refractivity (Wildman–Crippen MR) is 67.8 cm³/mol. The molecule has 0 unspecified atom stereocenters. The van der Waals surface area contributed by atoms with E-state index in [1.54, 1.807) is 6.07 Å². The Morgan fingerprint density at radius 2 is 1.50 bits per heavy atom. The summed E-state index contributed by atoms with van der Waals surface area (Å²) in [5.74, 6) is -0.842. The Labute approximate surface area is 113 Å². The van der Waals surface area contributed by atoms with E-state index >= 15 is 0 Å². The lowest BCUT2D eigenvalue weighted by Crippen LogP contribution is -2.42. The average Bonchev–Trinajstić information content (AvgIpc) is 2.33. The van der Waals surface area contributed by atoms with Crippen molar-refractivity contribution in [3.8, 4) is 0 Å². The van der Waals surface area contributed by atoms with Crippen molar-refractivity contribution < 1.29 is 38.6 Å². The average molecular weight is 325 g/mol. The van der Waals surface area contributed by atoms with Crippen molar-refractivity contribution in [2.75, 3.05) is 6.54 Å². The number of carbonyl (C=O) groups is 1. The summed E-state index contributed by atoms with van der Waals surface area (Å²) in [5, 5.41) is 7.76. The van der Waals surface area contributed by atoms with Gasteiger partial charge in [-0.05, 0) is 12.1 Å². The Hall–Kier alpha value is -1.05. The van der Waals surface area contributed by atoms with Gasteiger partial charge in [0.1, 0.15) is 0 Å². The second-order valence-electron chi connectivity index (χ2n) is 3.91. The molecule has 1 aromatic carbocycles. The van der Waals surface area contributed by atoms with Crippen LogP contribution in [0.3, 0.4) is 0 Å². The second-order valence-corrected chi connectivity index (χ2v) is 7.92. The summed E-state index contributed by atoms with van der Waals surface area (Å²) in [6.07, 6.45) is 0. The van der Waals surface area contributed by atoms with Gasteiger partial charge in [-0.1, -0.05) is 18.2 Å². The quantitative estimate of drug-likeness (QED) is 0.391. The van der Waals surface area contributed by atoms with E-state index in [9.17, 15) is 19.0 Å². The van der Waals surface area contributed by atoms with E-state index in [1.807, 2.05) is 5.32 Å². The molecule has 0 saturated carbocycles. The van der Waals surface area contributed by atoms with Crippen LogP contribution in [-0.2, 0) is 9.13 Å². The van der Waals surface area contributed by atoms with Crippen LogP contribution >= 0.6 is 15.2 Å². The van der Waals surface area contributed by atoms with E-state index in [2.05, 4.69) is 0 Å². The van der Waals surface area contributed by atoms with Gasteiger partial charge in [0.05, 0.1) is 6.54 Å². The summed E-state index contributed by atoms with van der Waals surface area (Å²) in [6, 6.07) is 7.42. The Morgan fingerprint density at radius 3 is 1.90 bits per heavy atom. The van der Waals surface area contributed by atoms with Crippen LogP contribution in [0.4, 0.5) is 0 Å². The fourth-order valence-corrected chi connectivity index (χ4v) is 3.19. The highest BCUT2D eigenvalue weighted by Crippen LogP contribution is 2.66. The fourth-order valence-electron chi connectivity index (χ4n) is 1.27. The highest BCUT2D eigenvalue weighted by Gasteiger charge is 2.59. The number of benzene rings is 1. The van der Waals surface area contributed by atoms with E-state index < -0.39 is 32.7 Å². The molecule has 20 heavy (non-hydrogen) atoms. The number of hydrogen-bond donors (Lipinski definition) is 6. The van der Waals surface area contributed by atoms with Crippen molar-refractivity contribution in [2.45, 2.75) is 5.08 Å². The number of hydrogen-bond acceptors (Lipinski definition) is 4. The molecule has 9 nitrogen and oxygen atoms in total. The summed E-state index contributed by atoms with van der Waals surface area (Å²) in [4.78, 5) is 47.1. The molecule has 1 amide bonds. The molecule has 0 fully saturated rings. The van der Waals surface area contributed by atoms with Crippen LogP contribution in [0.1, 0.15) is 10.4 Å². The van der Waals surface area contributed by atoms with Gasteiger partial charge >= 0.3 is 15.2 Å². The smallest absolute Gasteiger partial charge is 0.366 e. The minimum absolute atomic E-state index is 0.103. The topological polar surface area (TPSA) is 164 Å². The largest absolute Gasteiger partial charge is 0.371 e. The predicted octanol–water partition coefficient (Wildman–Crippen LogP) is -0.582. The van der Waals surface area contributed by atoms with Crippen molar-refractivity contribution >= 4 is 21.1 Å². The van der Waals surface area contributed by atoms with Gasteiger partial charge in [0.15, 0.2) is 0 Å². The van der Waals surface area contributed by atoms with Crippen molar-refractivity contribution in [3.05, 3.63) is 35.9 Å². The van der Waals surface area contributed by atoms with Gasteiger partial charge in [0, 0.05) is 5.56 Å². The third kappa shape index (κ3) is 3.53. The zero-order valence-electron chi connectivity index (χ0n) is 9.95. The standard InChI is InChI=1S/C9H13NO8P2/c11-8(7-4-2-1-3-5-7)10-6-9(12,19(13,14)15)20(16,17)18/h1-5,12H,6H2,(H,10,11)(H2,13,14,15)(H2,16,17,18). The lowest BCUT2D eigenvalue weighted by Gasteiger charge is -2.29. The fraction of sp³-hybridized carbons (Fsp3) is 0.222. The van der Waals surface area contributed by atoms with Crippen LogP contribution in [0.2, 0.25) is 0 Å². The molecule has 1 rings (SSSR count). The van der Waals surface area contributed by atoms with Crippen molar-refractivity contribution in [1.29, 1.82) is 0 Å². The molecule has 112 valence electrons. The summed E-state index contributed by atoms with van der Waals surface area (Å²) >= 11 is 0. The number of amides is 1. The molecule has 0 aliphatic heterocycles. The molecule has 0 spiro atoms. The normalized spacial score (nSPS) is 13.1. The number of rotatable bonds is 5. The van der Waals surface area contributed by atoms with E-state index in [0.717, 1.165) is 0 Å². The van der Waals surface area contributed by atoms with Gasteiger partial charge in [0.25, 0.3) is 11.0 Å². The monoisotopic (exact) mass is 325 g/mol. The number of nitrogens with one attached hydrogen (secondary N) is 1. The van der Waals surface area contributed by atoms with E-state index in [1.165, 1.54) is 24.3 Å². The Morgan fingerprint density at radius 1 is 1.05 bits per heavy atom. The molecule has 0 aliphatic rings. The summed E-state index contributed by atoms with van der Waals surface area (Å²) in [7, 11) is -11.2. The molecular formula is C9H13NO8P2. The zero-order chi connectivity index (χ0) is 15.6. The molecular weight excluding hydrogens is 312 g/mol. The highest BCUT2D eigenvalue weighted by molar-refractivity contribution is 7.72. The summed E-state index contributed by atoms with van der Waals surface area (Å²) in [5.41, 5.74) is 0.103. The lowest BCUT2D eigenvalue weighted by molar-refractivity contribution is 0.0895. The van der Waals surface area contributed by atoms with Crippen LogP contribution in [0, 0.1) is 0 Å². The Kier molecular flexibility index (Phi) is 4.89. The van der Waals surface area contributed by atoms with Gasteiger partial charge in [-0.25, -0.2) is 0 Å². The Bertz CT molecular complexity index is 555. The first-order valence-corrected chi connectivity index (χ1v) is 8.38. The molecule has 0 aliphatic carbocycles. The van der Waals surface area contributed by atoms with E-state index in [0.29, 0.717) is 0 Å². The summed E-state index contributed by atoms with van der Waals surface area (Å²) < 4.78 is 22.1. The summed E-state index contributed by atoms with van der Waals surface area (Å²) in [6.45, 7) is -1.30. The van der Waals surface area contributed by atoms with Gasteiger partial charge in [0.2, 0.25) is 0 Å². The van der Waals surface area contributed by atoms with Gasteiger partial charge in [-0.15, -0.1) is 0 Å². The first-order chi connectivity index (χ1) is 8.99. The SMILES string of the molecule is O=C(NCC(O)(P(=O)(O)O)P(=O)(O)O)c1ccccc1. The molecule has 0 bridgehead atoms. The minimum atomic E-state index is -5.58. The molecule has 1 aromatic rings. The van der Waals surface area contributed by atoms with E-state index in [-0.39, 0.29) is 5.56 Å². The molecule has 6 N–H and O–H groups in total. The molecule has 0 aromatic heterocycles. The minimum Gasteiger partial charge on any atom is -0.366 e. The lowest BCUT2D eigenvalue weighted by atomic mass is 10.2. The van der Waals surface area contributed by atoms with Crippen LogP contribution < -0.4 is 5.32 Å². The zero-order valence-corrected chi connectivity index (χ0v) is 11.7. The first kappa shape index (κ1) is 17.0. The molecule has 0 saturated heterocycles. The molecule has 0 atom stereocenters. The van der Waals surface area contributed by atoms with Crippen molar-refractivity contribution in [1.82, 2.24) is 5.32 Å². The highest BCUT2D eigenvalue weighted by atomic mass is 31.2. The van der Waals surface area contributed by atoms with Crippen molar-refractivity contribution in [2.24, 2.45) is 0 Å². The third-order valence-electron chi connectivity index (χ3n) is 2.46.